The lowest BCUT2D eigenvalue weighted by Gasteiger charge is -2.25. The lowest BCUT2D eigenvalue weighted by Crippen LogP contribution is -2.22. The van der Waals surface area contributed by atoms with Gasteiger partial charge in [0.2, 0.25) is 0 Å². The van der Waals surface area contributed by atoms with Crippen molar-refractivity contribution in [2.24, 2.45) is 11.8 Å². The van der Waals surface area contributed by atoms with E-state index in [1.165, 1.54) is 6.42 Å². The maximum absolute atomic E-state index is 10.6. The summed E-state index contributed by atoms with van der Waals surface area (Å²) in [6.45, 7) is 2.15. The zero-order chi connectivity index (χ0) is 8.27. The molecule has 1 aliphatic carbocycles. The molecule has 0 aliphatic heterocycles. The molecule has 1 saturated carbocycles. The third-order valence-corrected chi connectivity index (χ3v) is 2.71. The molecule has 0 spiro atoms. The van der Waals surface area contributed by atoms with Gasteiger partial charge >= 0.3 is 5.97 Å². The molecule has 0 aromatic carbocycles. The van der Waals surface area contributed by atoms with E-state index < -0.39 is 5.97 Å². The van der Waals surface area contributed by atoms with Crippen molar-refractivity contribution in [1.82, 2.24) is 0 Å². The second-order valence-corrected chi connectivity index (χ2v) is 3.48. The molecular formula is C9H16O2. The Balaban J connectivity index is 2.39. The smallest absolute Gasteiger partial charge is 0.306 e. The largest absolute Gasteiger partial charge is 0.481 e. The number of rotatable bonds is 2. The number of carboxylic acids is 1. The van der Waals surface area contributed by atoms with Gasteiger partial charge in [0.25, 0.3) is 0 Å². The summed E-state index contributed by atoms with van der Waals surface area (Å²) in [5.74, 6) is 0.0294. The van der Waals surface area contributed by atoms with Crippen LogP contribution >= 0.6 is 0 Å². The maximum Gasteiger partial charge on any atom is 0.306 e. The van der Waals surface area contributed by atoms with Gasteiger partial charge in [0.1, 0.15) is 0 Å². The zero-order valence-electron chi connectivity index (χ0n) is 7.05. The van der Waals surface area contributed by atoms with Crippen molar-refractivity contribution in [3.05, 3.63) is 0 Å². The molecule has 0 aromatic heterocycles. The van der Waals surface area contributed by atoms with Gasteiger partial charge in [0.15, 0.2) is 0 Å². The van der Waals surface area contributed by atoms with E-state index in [0.717, 1.165) is 25.7 Å². The van der Waals surface area contributed by atoms with E-state index in [-0.39, 0.29) is 5.92 Å². The normalized spacial score (nSPS) is 31.7. The van der Waals surface area contributed by atoms with Crippen molar-refractivity contribution < 1.29 is 9.90 Å². The first-order chi connectivity index (χ1) is 5.24. The van der Waals surface area contributed by atoms with Crippen LogP contribution in [0.4, 0.5) is 0 Å². The molecule has 1 rings (SSSR count). The molecule has 2 nitrogen and oxygen atoms in total. The Hall–Kier alpha value is -0.530. The lowest BCUT2D eigenvalue weighted by molar-refractivity contribution is -0.143. The second kappa shape index (κ2) is 3.74. The van der Waals surface area contributed by atoms with Crippen LogP contribution in [0.25, 0.3) is 0 Å². The highest BCUT2D eigenvalue weighted by molar-refractivity contribution is 5.70. The van der Waals surface area contributed by atoms with Crippen molar-refractivity contribution in [3.8, 4) is 0 Å². The van der Waals surface area contributed by atoms with Crippen LogP contribution in [0, 0.1) is 11.8 Å². The van der Waals surface area contributed by atoms with E-state index in [1.807, 2.05) is 0 Å². The van der Waals surface area contributed by atoms with Gasteiger partial charge in [0.05, 0.1) is 5.92 Å². The minimum Gasteiger partial charge on any atom is -0.481 e. The van der Waals surface area contributed by atoms with Gasteiger partial charge in [-0.25, -0.2) is 0 Å². The number of carbonyl (C=O) groups is 1. The quantitative estimate of drug-likeness (QED) is 0.666. The Kier molecular flexibility index (Phi) is 2.92. The van der Waals surface area contributed by atoms with Crippen molar-refractivity contribution in [3.63, 3.8) is 0 Å². The summed E-state index contributed by atoms with van der Waals surface area (Å²) in [5, 5.41) is 8.75. The molecule has 0 saturated heterocycles. The highest BCUT2D eigenvalue weighted by Gasteiger charge is 2.25. The van der Waals surface area contributed by atoms with E-state index in [1.54, 1.807) is 0 Å². The number of aliphatic carboxylic acids is 1. The van der Waals surface area contributed by atoms with Gasteiger partial charge in [-0.15, -0.1) is 0 Å². The molecule has 0 aromatic rings. The minimum absolute atomic E-state index is 0.0475. The molecule has 1 fully saturated rings. The third kappa shape index (κ3) is 2.21. The van der Waals surface area contributed by atoms with Gasteiger partial charge < -0.3 is 5.11 Å². The van der Waals surface area contributed by atoms with Gasteiger partial charge in [-0.3, -0.25) is 4.79 Å². The Morgan fingerprint density at radius 3 is 2.82 bits per heavy atom. The third-order valence-electron chi connectivity index (χ3n) is 2.71. The monoisotopic (exact) mass is 156 g/mol. The summed E-state index contributed by atoms with van der Waals surface area (Å²) in [5.41, 5.74) is 0. The fourth-order valence-corrected chi connectivity index (χ4v) is 1.89. The maximum atomic E-state index is 10.6. The standard InChI is InChI=1S/C9H16O2/c1-2-7-4-3-5-8(6-7)9(10)11/h7-8H,2-6H2,1H3,(H,10,11). The van der Waals surface area contributed by atoms with Crippen LogP contribution in [0.2, 0.25) is 0 Å². The van der Waals surface area contributed by atoms with E-state index in [0.29, 0.717) is 5.92 Å². The molecule has 2 atom stereocenters. The first-order valence-electron chi connectivity index (χ1n) is 4.46. The van der Waals surface area contributed by atoms with Crippen LogP contribution in [-0.4, -0.2) is 11.1 Å². The molecule has 0 bridgehead atoms. The van der Waals surface area contributed by atoms with Crippen LogP contribution < -0.4 is 0 Å². The van der Waals surface area contributed by atoms with Crippen LogP contribution in [-0.2, 0) is 4.79 Å². The topological polar surface area (TPSA) is 37.3 Å². The summed E-state index contributed by atoms with van der Waals surface area (Å²) in [7, 11) is 0. The molecular weight excluding hydrogens is 140 g/mol. The predicted molar refractivity (Wildman–Crippen MR) is 43.4 cm³/mol. The molecule has 0 heterocycles. The number of hydrogen-bond acceptors (Lipinski definition) is 1. The molecule has 11 heavy (non-hydrogen) atoms. The molecule has 1 aliphatic rings. The van der Waals surface area contributed by atoms with Crippen molar-refractivity contribution in [2.45, 2.75) is 39.0 Å². The lowest BCUT2D eigenvalue weighted by atomic mass is 9.80. The van der Waals surface area contributed by atoms with Crippen LogP contribution in [0.3, 0.4) is 0 Å². The minimum atomic E-state index is -0.594. The summed E-state index contributed by atoms with van der Waals surface area (Å²) in [4.78, 5) is 10.6. The van der Waals surface area contributed by atoms with E-state index in [2.05, 4.69) is 6.92 Å². The summed E-state index contributed by atoms with van der Waals surface area (Å²) in [6.07, 6.45) is 5.29. The highest BCUT2D eigenvalue weighted by atomic mass is 16.4. The van der Waals surface area contributed by atoms with Gasteiger partial charge in [-0.1, -0.05) is 26.2 Å². The molecule has 0 radical (unpaired) electrons. The second-order valence-electron chi connectivity index (χ2n) is 3.48. The van der Waals surface area contributed by atoms with Crippen LogP contribution in [0.5, 0.6) is 0 Å². The van der Waals surface area contributed by atoms with Gasteiger partial charge in [-0.2, -0.15) is 0 Å². The van der Waals surface area contributed by atoms with Gasteiger partial charge in [0, 0.05) is 0 Å². The van der Waals surface area contributed by atoms with E-state index in [4.69, 9.17) is 5.11 Å². The van der Waals surface area contributed by atoms with Crippen LogP contribution in [0.1, 0.15) is 39.0 Å². The Morgan fingerprint density at radius 1 is 1.55 bits per heavy atom. The average molecular weight is 156 g/mol. The Morgan fingerprint density at radius 2 is 2.27 bits per heavy atom. The first-order valence-corrected chi connectivity index (χ1v) is 4.46. The van der Waals surface area contributed by atoms with Crippen molar-refractivity contribution >= 4 is 5.97 Å². The van der Waals surface area contributed by atoms with Crippen molar-refractivity contribution in [2.75, 3.05) is 0 Å². The van der Waals surface area contributed by atoms with Gasteiger partial charge in [-0.05, 0) is 18.8 Å². The predicted octanol–water partition coefficient (Wildman–Crippen LogP) is 2.29. The molecule has 1 N–H and O–H groups in total. The Bertz CT molecular complexity index is 142. The molecule has 2 heteroatoms. The summed E-state index contributed by atoms with van der Waals surface area (Å²) >= 11 is 0. The highest BCUT2D eigenvalue weighted by Crippen LogP contribution is 2.30. The van der Waals surface area contributed by atoms with Crippen LogP contribution in [0.15, 0.2) is 0 Å². The van der Waals surface area contributed by atoms with E-state index in [9.17, 15) is 4.79 Å². The number of hydrogen-bond donors (Lipinski definition) is 1. The summed E-state index contributed by atoms with van der Waals surface area (Å²) in [6, 6.07) is 0. The fourth-order valence-electron chi connectivity index (χ4n) is 1.89. The SMILES string of the molecule is CCC1CCCC(C(=O)O)C1. The molecule has 0 amide bonds. The fraction of sp³-hybridized carbons (Fsp3) is 0.889. The number of carboxylic acid groups (broad SMARTS) is 1. The molecule has 64 valence electrons. The van der Waals surface area contributed by atoms with Crippen molar-refractivity contribution in [1.29, 1.82) is 0 Å². The Labute approximate surface area is 67.6 Å². The zero-order valence-corrected chi connectivity index (χ0v) is 7.05. The molecule has 2 unspecified atom stereocenters. The van der Waals surface area contributed by atoms with E-state index >= 15 is 0 Å². The first kappa shape index (κ1) is 8.57. The average Bonchev–Trinajstić information content (AvgIpc) is 2.05. The summed E-state index contributed by atoms with van der Waals surface area (Å²) < 4.78 is 0.